The van der Waals surface area contributed by atoms with Gasteiger partial charge in [0, 0.05) is 6.54 Å². The summed E-state index contributed by atoms with van der Waals surface area (Å²) in [6, 6.07) is 2.04. The minimum absolute atomic E-state index is 0.0433. The molecule has 0 aliphatic carbocycles. The molecule has 4 heteroatoms. The lowest BCUT2D eigenvalue weighted by Gasteiger charge is -2.19. The fourth-order valence-corrected chi connectivity index (χ4v) is 0.646. The molecule has 0 saturated carbocycles. The molecule has 1 amide bonds. The van der Waals surface area contributed by atoms with Crippen LogP contribution in [0.4, 0.5) is 0 Å². The number of nitrogens with zero attached hydrogens (tertiary/aromatic N) is 1. The van der Waals surface area contributed by atoms with Gasteiger partial charge in [-0.15, -0.1) is 0 Å². The highest BCUT2D eigenvalue weighted by atomic mass is 16.5. The summed E-state index contributed by atoms with van der Waals surface area (Å²) in [6.07, 6.45) is 0. The Morgan fingerprint density at radius 1 is 1.57 bits per heavy atom. The van der Waals surface area contributed by atoms with Crippen molar-refractivity contribution in [3.05, 3.63) is 0 Å². The zero-order valence-electron chi connectivity index (χ0n) is 9.26. The summed E-state index contributed by atoms with van der Waals surface area (Å²) in [5.74, 6) is -0.337. The Hall–Kier alpha value is -1.08. The molecule has 0 aromatic heterocycles. The van der Waals surface area contributed by atoms with Crippen molar-refractivity contribution >= 4 is 5.91 Å². The summed E-state index contributed by atoms with van der Waals surface area (Å²) in [4.78, 5) is 11.2. The van der Waals surface area contributed by atoms with Crippen molar-refractivity contribution in [1.82, 2.24) is 5.32 Å². The topological polar surface area (TPSA) is 62.1 Å². The van der Waals surface area contributed by atoms with Gasteiger partial charge in [-0.2, -0.15) is 5.26 Å². The molecule has 1 unspecified atom stereocenters. The van der Waals surface area contributed by atoms with Crippen molar-refractivity contribution in [2.24, 2.45) is 5.92 Å². The average Bonchev–Trinajstić information content (AvgIpc) is 2.09. The molecular weight excluding hydrogens is 180 g/mol. The molecule has 4 nitrogen and oxygen atoms in total. The van der Waals surface area contributed by atoms with Crippen molar-refractivity contribution in [2.45, 2.75) is 33.3 Å². The Balaban J connectivity index is 3.63. The van der Waals surface area contributed by atoms with E-state index in [0.29, 0.717) is 6.54 Å². The summed E-state index contributed by atoms with van der Waals surface area (Å²) < 4.78 is 5.26. The minimum atomic E-state index is -0.307. The molecule has 80 valence electrons. The fraction of sp³-hybridized carbons (Fsp3) is 0.800. The van der Waals surface area contributed by atoms with E-state index in [0.717, 1.165) is 0 Å². The largest absolute Gasteiger partial charge is 0.366 e. The molecule has 0 fully saturated rings. The normalized spacial score (nSPS) is 13.1. The Bertz CT molecular complexity index is 225. The second kappa shape index (κ2) is 5.61. The van der Waals surface area contributed by atoms with E-state index in [2.05, 4.69) is 5.32 Å². The number of nitrogens with one attached hydrogen (secondary N) is 1. The first kappa shape index (κ1) is 12.9. The van der Waals surface area contributed by atoms with Crippen molar-refractivity contribution in [3.63, 3.8) is 0 Å². The summed E-state index contributed by atoms with van der Waals surface area (Å²) in [5.41, 5.74) is -0.307. The monoisotopic (exact) mass is 198 g/mol. The van der Waals surface area contributed by atoms with Gasteiger partial charge in [0.2, 0.25) is 5.91 Å². The van der Waals surface area contributed by atoms with Gasteiger partial charge in [-0.25, -0.2) is 0 Å². The minimum Gasteiger partial charge on any atom is -0.366 e. The van der Waals surface area contributed by atoms with E-state index < -0.39 is 0 Å². The number of nitriles is 1. The van der Waals surface area contributed by atoms with E-state index in [1.165, 1.54) is 0 Å². The molecule has 1 N–H and O–H groups in total. The van der Waals surface area contributed by atoms with Crippen LogP contribution in [0.1, 0.15) is 27.7 Å². The number of amides is 1. The number of hydrogen-bond acceptors (Lipinski definition) is 3. The highest BCUT2D eigenvalue weighted by Crippen LogP contribution is 2.05. The standard InChI is InChI=1S/C10H18N2O2/c1-8(5-11)6-12-9(13)7-14-10(2,3)4/h8H,6-7H2,1-4H3,(H,12,13). The number of carbonyl (C=O) groups excluding carboxylic acids is 1. The number of carbonyl (C=O) groups is 1. The molecule has 1 atom stereocenters. The summed E-state index contributed by atoms with van der Waals surface area (Å²) >= 11 is 0. The van der Waals surface area contributed by atoms with Crippen LogP contribution in [0.5, 0.6) is 0 Å². The van der Waals surface area contributed by atoms with Crippen molar-refractivity contribution in [2.75, 3.05) is 13.2 Å². The average molecular weight is 198 g/mol. The summed E-state index contributed by atoms with van der Waals surface area (Å²) in [7, 11) is 0. The van der Waals surface area contributed by atoms with E-state index in [-0.39, 0.29) is 24.0 Å². The molecule has 0 radical (unpaired) electrons. The van der Waals surface area contributed by atoms with Gasteiger partial charge in [0.25, 0.3) is 0 Å². The van der Waals surface area contributed by atoms with E-state index >= 15 is 0 Å². The van der Waals surface area contributed by atoms with Crippen molar-refractivity contribution < 1.29 is 9.53 Å². The van der Waals surface area contributed by atoms with Crippen LogP contribution < -0.4 is 5.32 Å². The molecule has 0 saturated heterocycles. The van der Waals surface area contributed by atoms with Crippen LogP contribution in [0.2, 0.25) is 0 Å². The van der Waals surface area contributed by atoms with E-state index in [1.807, 2.05) is 26.8 Å². The lowest BCUT2D eigenvalue weighted by Crippen LogP contribution is -2.34. The van der Waals surface area contributed by atoms with Crippen LogP contribution in [0.15, 0.2) is 0 Å². The van der Waals surface area contributed by atoms with Crippen LogP contribution in [0.3, 0.4) is 0 Å². The smallest absolute Gasteiger partial charge is 0.246 e. The van der Waals surface area contributed by atoms with Crippen molar-refractivity contribution in [1.29, 1.82) is 5.26 Å². The molecule has 0 heterocycles. The number of ether oxygens (including phenoxy) is 1. The molecule has 0 aromatic carbocycles. The molecule has 0 bridgehead atoms. The quantitative estimate of drug-likeness (QED) is 0.735. The summed E-state index contributed by atoms with van der Waals surface area (Å²) in [6.45, 7) is 7.84. The Labute approximate surface area is 85.2 Å². The molecule has 0 aliphatic rings. The Kier molecular flexibility index (Phi) is 5.18. The van der Waals surface area contributed by atoms with Gasteiger partial charge in [0.1, 0.15) is 6.61 Å². The second-order valence-corrected chi connectivity index (χ2v) is 4.24. The Morgan fingerprint density at radius 3 is 2.57 bits per heavy atom. The van der Waals surface area contributed by atoms with Crippen LogP contribution in [0, 0.1) is 17.2 Å². The van der Waals surface area contributed by atoms with Crippen LogP contribution in [-0.2, 0) is 9.53 Å². The predicted molar refractivity (Wildman–Crippen MR) is 53.5 cm³/mol. The van der Waals surface area contributed by atoms with Crippen LogP contribution >= 0.6 is 0 Å². The first-order valence-electron chi connectivity index (χ1n) is 4.65. The van der Waals surface area contributed by atoms with Gasteiger partial charge in [0.05, 0.1) is 17.6 Å². The van der Waals surface area contributed by atoms with E-state index in [9.17, 15) is 4.79 Å². The number of hydrogen-bond donors (Lipinski definition) is 1. The zero-order valence-corrected chi connectivity index (χ0v) is 9.26. The highest BCUT2D eigenvalue weighted by Gasteiger charge is 2.12. The number of rotatable bonds is 4. The second-order valence-electron chi connectivity index (χ2n) is 4.24. The lowest BCUT2D eigenvalue weighted by atomic mass is 10.2. The van der Waals surface area contributed by atoms with Crippen LogP contribution in [0.25, 0.3) is 0 Å². The highest BCUT2D eigenvalue weighted by molar-refractivity contribution is 5.77. The molecule has 0 rings (SSSR count). The van der Waals surface area contributed by atoms with E-state index in [1.54, 1.807) is 6.92 Å². The molecule has 0 spiro atoms. The summed E-state index contributed by atoms with van der Waals surface area (Å²) in [5, 5.41) is 11.1. The third kappa shape index (κ3) is 7.56. The first-order chi connectivity index (χ1) is 6.35. The van der Waals surface area contributed by atoms with Gasteiger partial charge in [0.15, 0.2) is 0 Å². The third-order valence-electron chi connectivity index (χ3n) is 1.46. The van der Waals surface area contributed by atoms with Gasteiger partial charge in [-0.1, -0.05) is 0 Å². The third-order valence-corrected chi connectivity index (χ3v) is 1.46. The SMILES string of the molecule is CC(C#N)CNC(=O)COC(C)(C)C. The molecular formula is C10H18N2O2. The maximum absolute atomic E-state index is 11.2. The van der Waals surface area contributed by atoms with Crippen molar-refractivity contribution in [3.8, 4) is 6.07 Å². The van der Waals surface area contributed by atoms with Gasteiger partial charge >= 0.3 is 0 Å². The van der Waals surface area contributed by atoms with Crippen LogP contribution in [-0.4, -0.2) is 24.7 Å². The molecule has 0 aromatic rings. The zero-order chi connectivity index (χ0) is 11.2. The molecule has 0 aliphatic heterocycles. The maximum atomic E-state index is 11.2. The van der Waals surface area contributed by atoms with Gasteiger partial charge < -0.3 is 10.1 Å². The first-order valence-corrected chi connectivity index (χ1v) is 4.65. The molecule has 14 heavy (non-hydrogen) atoms. The van der Waals surface area contributed by atoms with Gasteiger partial charge in [-0.05, 0) is 27.7 Å². The Morgan fingerprint density at radius 2 is 2.14 bits per heavy atom. The fourth-order valence-electron chi connectivity index (χ4n) is 0.646. The predicted octanol–water partition coefficient (Wildman–Crippen LogP) is 1.08. The lowest BCUT2D eigenvalue weighted by molar-refractivity contribution is -0.130. The van der Waals surface area contributed by atoms with Gasteiger partial charge in [-0.3, -0.25) is 4.79 Å². The van der Waals surface area contributed by atoms with E-state index in [4.69, 9.17) is 10.00 Å². The maximum Gasteiger partial charge on any atom is 0.246 e.